The van der Waals surface area contributed by atoms with Gasteiger partial charge in [0.1, 0.15) is 0 Å². The molecule has 0 saturated carbocycles. The Kier molecular flexibility index (Phi) is 5.63. The van der Waals surface area contributed by atoms with Crippen molar-refractivity contribution in [1.82, 2.24) is 5.43 Å². The first-order valence-electron chi connectivity index (χ1n) is 4.42. The lowest BCUT2D eigenvalue weighted by Crippen LogP contribution is -2.17. The molecule has 0 aromatic carbocycles. The molecule has 1 amide bonds. The van der Waals surface area contributed by atoms with Gasteiger partial charge in [-0.3, -0.25) is 4.79 Å². The van der Waals surface area contributed by atoms with Crippen molar-refractivity contribution in [1.29, 1.82) is 0 Å². The van der Waals surface area contributed by atoms with Gasteiger partial charge in [0.2, 0.25) is 0 Å². The first kappa shape index (κ1) is 14.3. The first-order chi connectivity index (χ1) is 7.42. The molecule has 0 fully saturated rings. The molecule has 0 bridgehead atoms. The molecular weight excluding hydrogens is 424 g/mol. The van der Waals surface area contributed by atoms with Gasteiger partial charge in [0.05, 0.1) is 11.1 Å². The Bertz CT molecular complexity index is 398. The van der Waals surface area contributed by atoms with Crippen LogP contribution in [0.4, 0.5) is 0 Å². The summed E-state index contributed by atoms with van der Waals surface area (Å²) in [5, 5.41) is 3.80. The van der Waals surface area contributed by atoms with Crippen molar-refractivity contribution in [3.05, 3.63) is 21.9 Å². The molecule has 1 rings (SSSR count). The molecular formula is C9H9Br3N2OS. The Balaban J connectivity index is 2.56. The number of carbonyl (C=O) groups is 1. The topological polar surface area (TPSA) is 41.5 Å². The van der Waals surface area contributed by atoms with Crippen LogP contribution in [-0.2, 0) is 6.42 Å². The quantitative estimate of drug-likeness (QED) is 0.440. The molecule has 0 atom stereocenters. The molecule has 0 spiro atoms. The summed E-state index contributed by atoms with van der Waals surface area (Å²) in [7, 11) is 0. The number of halogens is 3. The fourth-order valence-corrected chi connectivity index (χ4v) is 2.05. The van der Waals surface area contributed by atoms with Gasteiger partial charge >= 0.3 is 0 Å². The zero-order chi connectivity index (χ0) is 12.2. The molecule has 0 saturated heterocycles. The molecule has 88 valence electrons. The van der Waals surface area contributed by atoms with Gasteiger partial charge in [-0.25, -0.2) is 5.43 Å². The largest absolute Gasteiger partial charge is 0.281 e. The summed E-state index contributed by atoms with van der Waals surface area (Å²) in [6.07, 6.45) is 2.42. The molecule has 0 radical (unpaired) electrons. The first-order valence-corrected chi connectivity index (χ1v) is 7.62. The molecule has 1 aromatic heterocycles. The van der Waals surface area contributed by atoms with Gasteiger partial charge in [-0.05, 0) is 18.6 Å². The van der Waals surface area contributed by atoms with Gasteiger partial charge in [0.15, 0.2) is 2.14 Å². The van der Waals surface area contributed by atoms with Gasteiger partial charge in [-0.1, -0.05) is 54.7 Å². The highest BCUT2D eigenvalue weighted by molar-refractivity contribution is 9.40. The summed E-state index contributed by atoms with van der Waals surface area (Å²) in [5.41, 5.74) is 2.44. The fourth-order valence-electron chi connectivity index (χ4n) is 0.909. The zero-order valence-electron chi connectivity index (χ0n) is 8.34. The number of aryl methyl sites for hydroxylation is 1. The van der Waals surface area contributed by atoms with E-state index in [1.807, 2.05) is 6.07 Å². The van der Waals surface area contributed by atoms with E-state index in [4.69, 9.17) is 0 Å². The van der Waals surface area contributed by atoms with Gasteiger partial charge < -0.3 is 0 Å². The maximum Gasteiger partial charge on any atom is 0.281 e. The van der Waals surface area contributed by atoms with Crippen LogP contribution in [0.3, 0.4) is 0 Å². The Morgan fingerprint density at radius 1 is 1.56 bits per heavy atom. The van der Waals surface area contributed by atoms with Crippen molar-refractivity contribution in [2.24, 2.45) is 5.10 Å². The van der Waals surface area contributed by atoms with Crippen LogP contribution in [0.5, 0.6) is 0 Å². The molecule has 1 aromatic rings. The van der Waals surface area contributed by atoms with Crippen LogP contribution in [0.1, 0.15) is 21.5 Å². The third kappa shape index (κ3) is 5.07. The van der Waals surface area contributed by atoms with E-state index in [1.165, 1.54) is 22.4 Å². The van der Waals surface area contributed by atoms with Crippen LogP contribution in [0.25, 0.3) is 0 Å². The van der Waals surface area contributed by atoms with Crippen molar-refractivity contribution in [3.63, 3.8) is 0 Å². The van der Waals surface area contributed by atoms with Crippen molar-refractivity contribution >= 4 is 71.2 Å². The molecule has 1 heterocycles. The lowest BCUT2D eigenvalue weighted by molar-refractivity contribution is 0.0959. The monoisotopic (exact) mass is 430 g/mol. The Labute approximate surface area is 123 Å². The summed E-state index contributed by atoms with van der Waals surface area (Å²) < 4.78 is -0.579. The van der Waals surface area contributed by atoms with Crippen LogP contribution < -0.4 is 5.43 Å². The molecule has 16 heavy (non-hydrogen) atoms. The van der Waals surface area contributed by atoms with Crippen molar-refractivity contribution < 1.29 is 4.79 Å². The number of hydrogen-bond donors (Lipinski definition) is 1. The number of alkyl halides is 3. The van der Waals surface area contributed by atoms with Crippen LogP contribution in [0.2, 0.25) is 0 Å². The average Bonchev–Trinajstić information content (AvgIpc) is 2.63. The van der Waals surface area contributed by atoms with Gasteiger partial charge in [0, 0.05) is 4.88 Å². The van der Waals surface area contributed by atoms with E-state index in [1.54, 1.807) is 6.07 Å². The Hall–Kier alpha value is 0.280. The van der Waals surface area contributed by atoms with E-state index in [9.17, 15) is 4.79 Å². The molecule has 0 aliphatic carbocycles. The van der Waals surface area contributed by atoms with Crippen LogP contribution >= 0.6 is 59.1 Å². The van der Waals surface area contributed by atoms with E-state index in [0.717, 1.165) is 6.42 Å². The summed E-state index contributed by atoms with van der Waals surface area (Å²) in [6, 6.07) is 3.76. The lowest BCUT2D eigenvalue weighted by atomic mass is 10.3. The summed E-state index contributed by atoms with van der Waals surface area (Å²) >= 11 is 11.2. The number of amides is 1. The Morgan fingerprint density at radius 2 is 2.25 bits per heavy atom. The average molecular weight is 433 g/mol. The van der Waals surface area contributed by atoms with E-state index in [0.29, 0.717) is 4.88 Å². The summed E-state index contributed by atoms with van der Waals surface area (Å²) in [6.45, 7) is 2.06. The number of hydrazone groups is 1. The summed E-state index contributed by atoms with van der Waals surface area (Å²) in [4.78, 5) is 13.4. The van der Waals surface area contributed by atoms with Gasteiger partial charge in [-0.15, -0.1) is 11.3 Å². The third-order valence-electron chi connectivity index (χ3n) is 1.61. The van der Waals surface area contributed by atoms with Crippen LogP contribution in [0.15, 0.2) is 17.2 Å². The van der Waals surface area contributed by atoms with Crippen molar-refractivity contribution in [2.75, 3.05) is 0 Å². The Morgan fingerprint density at radius 3 is 2.75 bits per heavy atom. The molecule has 0 aliphatic heterocycles. The standard InChI is InChI=1S/C9H9Br3N2OS/c1-2-6-3-4-7(16-6)8(15)14-13-5-9(10,11)12/h3-5H,2H2,1H3,(H,14,15)/b13-5+. The maximum absolute atomic E-state index is 11.6. The minimum absolute atomic E-state index is 0.197. The molecule has 0 aliphatic rings. The number of thiophene rings is 1. The lowest BCUT2D eigenvalue weighted by Gasteiger charge is -2.02. The number of hydrogen-bond acceptors (Lipinski definition) is 3. The van der Waals surface area contributed by atoms with Crippen molar-refractivity contribution in [2.45, 2.75) is 15.5 Å². The third-order valence-corrected chi connectivity index (χ3v) is 3.45. The van der Waals surface area contributed by atoms with Gasteiger partial charge in [-0.2, -0.15) is 5.10 Å². The highest BCUT2D eigenvalue weighted by Crippen LogP contribution is 2.30. The van der Waals surface area contributed by atoms with Crippen LogP contribution in [0, 0.1) is 0 Å². The SMILES string of the molecule is CCc1ccc(C(=O)N/N=C/C(Br)(Br)Br)s1. The molecule has 0 unspecified atom stereocenters. The van der Waals surface area contributed by atoms with E-state index < -0.39 is 2.14 Å². The molecule has 7 heteroatoms. The normalized spacial score (nSPS) is 12.0. The summed E-state index contributed by atoms with van der Waals surface area (Å²) in [5.74, 6) is -0.197. The smallest absolute Gasteiger partial charge is 0.266 e. The number of carbonyl (C=O) groups excluding carboxylic acids is 1. The fraction of sp³-hybridized carbons (Fsp3) is 0.333. The number of nitrogens with zero attached hydrogens (tertiary/aromatic N) is 1. The highest BCUT2D eigenvalue weighted by Gasteiger charge is 2.14. The highest BCUT2D eigenvalue weighted by atomic mass is 80.0. The second kappa shape index (κ2) is 6.28. The van der Waals surface area contributed by atoms with Gasteiger partial charge in [0.25, 0.3) is 5.91 Å². The predicted octanol–water partition coefficient (Wildman–Crippen LogP) is 3.86. The number of nitrogens with one attached hydrogen (secondary N) is 1. The second-order valence-corrected chi connectivity index (χ2v) is 11.0. The minimum atomic E-state index is -0.579. The second-order valence-electron chi connectivity index (χ2n) is 2.86. The maximum atomic E-state index is 11.6. The van der Waals surface area contributed by atoms with Crippen molar-refractivity contribution in [3.8, 4) is 0 Å². The van der Waals surface area contributed by atoms with Crippen LogP contribution in [-0.4, -0.2) is 14.3 Å². The molecule has 3 nitrogen and oxygen atoms in total. The predicted molar refractivity (Wildman–Crippen MR) is 79.2 cm³/mol. The molecule has 1 N–H and O–H groups in total. The zero-order valence-corrected chi connectivity index (χ0v) is 13.9. The number of rotatable bonds is 3. The minimum Gasteiger partial charge on any atom is -0.266 e. The van der Waals surface area contributed by atoms with E-state index in [2.05, 4.69) is 65.2 Å². The van der Waals surface area contributed by atoms with E-state index >= 15 is 0 Å². The van der Waals surface area contributed by atoms with E-state index in [-0.39, 0.29) is 5.91 Å².